The molecule has 3 unspecified atom stereocenters. The van der Waals surface area contributed by atoms with Crippen LogP contribution in [0, 0.1) is 24.0 Å². The molecule has 24 nitrogen and oxygen atoms in total. The van der Waals surface area contributed by atoms with E-state index in [0.717, 1.165) is 33.8 Å². The van der Waals surface area contributed by atoms with Crippen LogP contribution in [-0.2, 0) is 49.9 Å². The number of β-amino-alcohol motifs (C(OH)–C–C–N with tert-alkyl or cyclic N) is 1. The van der Waals surface area contributed by atoms with E-state index in [1.165, 1.54) is 30.5 Å². The van der Waals surface area contributed by atoms with Crippen LogP contribution in [0.25, 0.3) is 50.3 Å². The Morgan fingerprint density at radius 3 is 2.23 bits per heavy atom. The van der Waals surface area contributed by atoms with Crippen LogP contribution in [0.5, 0.6) is 5.88 Å². The number of anilines is 1. The molecule has 5 aromatic heterocycles. The number of imidazole rings is 1. The number of nitrogens with zero attached hydrogens (tertiary/aromatic N) is 7. The molecule has 0 radical (unpaired) electrons. The summed E-state index contributed by atoms with van der Waals surface area (Å²) in [6.07, 6.45) is 3.82. The van der Waals surface area contributed by atoms with Gasteiger partial charge in [0.05, 0.1) is 92.9 Å². The van der Waals surface area contributed by atoms with E-state index >= 15 is 0 Å². The SMILES string of the molecule is COc1ncc(-c2ccc3ncc(-c4nnc(-c5ccccc5C(=O)NCCOCCOCCOCCOCC(=O)NC(C(=O)N5CC(O)CC5C(=O)NCc5ccc(-c6scnc6C)cc5)C(C)(C)C)o4)n3c2)cc1NS(=O)(=O)c1ccc(F)cc1F. The number of methoxy groups -OCH3 is 1. The zero-order valence-electron chi connectivity index (χ0n) is 48.7. The maximum atomic E-state index is 14.5. The third-order valence-corrected chi connectivity index (χ3v) is 16.3. The number of nitrogens with one attached hydrogen (secondary N) is 4. The summed E-state index contributed by atoms with van der Waals surface area (Å²) >= 11 is 1.56. The van der Waals surface area contributed by atoms with Gasteiger partial charge >= 0.3 is 0 Å². The first kappa shape index (κ1) is 63.9. The second kappa shape index (κ2) is 28.9. The molecule has 8 aromatic rings. The Bertz CT molecular complexity index is 3880. The normalized spacial score (nSPS) is 14.7. The van der Waals surface area contributed by atoms with Gasteiger partial charge in [0, 0.05) is 55.6 Å². The number of hydrogen-bond donors (Lipinski definition) is 5. The van der Waals surface area contributed by atoms with Crippen LogP contribution < -0.4 is 25.4 Å². The number of benzene rings is 3. The van der Waals surface area contributed by atoms with Gasteiger partial charge in [-0.15, -0.1) is 21.5 Å². The number of thiazole rings is 1. The highest BCUT2D eigenvalue weighted by Gasteiger charge is 2.44. The largest absolute Gasteiger partial charge is 0.480 e. The van der Waals surface area contributed by atoms with Crippen molar-refractivity contribution in [2.75, 3.05) is 77.8 Å². The lowest BCUT2D eigenvalue weighted by Gasteiger charge is -2.35. The van der Waals surface area contributed by atoms with Gasteiger partial charge in [-0.3, -0.25) is 28.3 Å². The number of carbonyl (C=O) groups excluding carboxylic acids is 4. The second-order valence-electron chi connectivity index (χ2n) is 21.3. The number of rotatable bonds is 28. The summed E-state index contributed by atoms with van der Waals surface area (Å²) < 4.78 is 92.1. The van der Waals surface area contributed by atoms with Crippen LogP contribution in [0.3, 0.4) is 0 Å². The molecule has 0 saturated carbocycles. The molecule has 1 aliphatic heterocycles. The molecule has 3 aromatic carbocycles. The maximum Gasteiger partial charge on any atom is 0.266 e. The number of fused-ring (bicyclic) bond motifs is 1. The fraction of sp³-hybridized carbons (Fsp3) is 0.350. The Hall–Kier alpha value is -8.64. The monoisotopic (exact) mass is 1250 g/mol. The predicted octanol–water partition coefficient (Wildman–Crippen LogP) is 6.24. The zero-order valence-corrected chi connectivity index (χ0v) is 50.3. The van der Waals surface area contributed by atoms with Crippen molar-refractivity contribution >= 4 is 56.3 Å². The minimum Gasteiger partial charge on any atom is -0.480 e. The summed E-state index contributed by atoms with van der Waals surface area (Å²) in [6, 6.07) is 19.5. The minimum atomic E-state index is -4.54. The van der Waals surface area contributed by atoms with Crippen molar-refractivity contribution in [3.05, 3.63) is 137 Å². The van der Waals surface area contributed by atoms with Crippen molar-refractivity contribution in [3.63, 3.8) is 0 Å². The zero-order chi connectivity index (χ0) is 62.5. The molecule has 0 aliphatic carbocycles. The van der Waals surface area contributed by atoms with E-state index < -0.39 is 73.8 Å². The number of ether oxygens (including phenoxy) is 5. The molecule has 1 fully saturated rings. The molecule has 0 bridgehead atoms. The van der Waals surface area contributed by atoms with E-state index in [4.69, 9.17) is 28.1 Å². The number of halogens is 2. The fourth-order valence-corrected chi connectivity index (χ4v) is 11.4. The number of amides is 4. The van der Waals surface area contributed by atoms with Gasteiger partial charge in [0.2, 0.25) is 29.5 Å². The molecule has 28 heteroatoms. The molecule has 88 heavy (non-hydrogen) atoms. The van der Waals surface area contributed by atoms with Gasteiger partial charge in [0.1, 0.15) is 52.2 Å². The maximum absolute atomic E-state index is 14.5. The van der Waals surface area contributed by atoms with Gasteiger partial charge in [0.25, 0.3) is 21.8 Å². The van der Waals surface area contributed by atoms with E-state index in [2.05, 4.69) is 45.8 Å². The van der Waals surface area contributed by atoms with Crippen molar-refractivity contribution in [3.8, 4) is 50.5 Å². The lowest BCUT2D eigenvalue weighted by atomic mass is 9.85. The van der Waals surface area contributed by atoms with Crippen LogP contribution in [0.4, 0.5) is 14.5 Å². The number of hydrogen-bond acceptors (Lipinski definition) is 19. The highest BCUT2D eigenvalue weighted by atomic mass is 32.2. The van der Waals surface area contributed by atoms with Gasteiger partial charge < -0.3 is 54.1 Å². The summed E-state index contributed by atoms with van der Waals surface area (Å²) in [5.41, 5.74) is 6.30. The summed E-state index contributed by atoms with van der Waals surface area (Å²) in [5, 5.41) is 27.6. The molecule has 1 saturated heterocycles. The van der Waals surface area contributed by atoms with Crippen molar-refractivity contribution in [1.29, 1.82) is 0 Å². The molecule has 1 aliphatic rings. The van der Waals surface area contributed by atoms with Crippen molar-refractivity contribution in [1.82, 2.24) is 50.4 Å². The van der Waals surface area contributed by atoms with Gasteiger partial charge in [-0.25, -0.2) is 32.2 Å². The molecule has 4 amide bonds. The first-order valence-electron chi connectivity index (χ1n) is 27.8. The second-order valence-corrected chi connectivity index (χ2v) is 23.8. The molecule has 0 spiro atoms. The average Bonchev–Trinajstić information content (AvgIpc) is 2.82. The third-order valence-electron chi connectivity index (χ3n) is 13.9. The van der Waals surface area contributed by atoms with E-state index in [1.54, 1.807) is 84.6 Å². The van der Waals surface area contributed by atoms with Crippen molar-refractivity contribution in [2.24, 2.45) is 5.41 Å². The smallest absolute Gasteiger partial charge is 0.266 e. The lowest BCUT2D eigenvalue weighted by molar-refractivity contribution is -0.144. The number of pyridine rings is 2. The highest BCUT2D eigenvalue weighted by molar-refractivity contribution is 7.92. The van der Waals surface area contributed by atoms with Gasteiger partial charge in [-0.1, -0.05) is 57.2 Å². The van der Waals surface area contributed by atoms with Crippen molar-refractivity contribution in [2.45, 2.75) is 63.7 Å². The van der Waals surface area contributed by atoms with E-state index in [0.29, 0.717) is 34.1 Å². The van der Waals surface area contributed by atoms with Crippen LogP contribution in [0.1, 0.15) is 48.8 Å². The summed E-state index contributed by atoms with van der Waals surface area (Å²) in [5.74, 6) is -4.00. The quantitative estimate of drug-likeness (QED) is 0.0339. The minimum absolute atomic E-state index is 0.0490. The van der Waals surface area contributed by atoms with Crippen LogP contribution in [0.2, 0.25) is 0 Å². The number of aliphatic hydroxyl groups excluding tert-OH is 1. The average molecular weight is 1250 g/mol. The molecule has 3 atom stereocenters. The molecule has 464 valence electrons. The number of aliphatic hydroxyl groups is 1. The summed E-state index contributed by atoms with van der Waals surface area (Å²) in [7, 11) is -3.25. The van der Waals surface area contributed by atoms with Gasteiger partial charge in [-0.2, -0.15) is 0 Å². The highest BCUT2D eigenvalue weighted by Crippen LogP contribution is 2.34. The van der Waals surface area contributed by atoms with Crippen molar-refractivity contribution < 1.29 is 69.6 Å². The molecule has 6 heterocycles. The Morgan fingerprint density at radius 1 is 0.818 bits per heavy atom. The summed E-state index contributed by atoms with van der Waals surface area (Å²) in [6.45, 7) is 8.85. The summed E-state index contributed by atoms with van der Waals surface area (Å²) in [4.78, 5) is 68.5. The van der Waals surface area contributed by atoms with Gasteiger partial charge in [0.15, 0.2) is 0 Å². The van der Waals surface area contributed by atoms with Crippen LogP contribution >= 0.6 is 11.3 Å². The molecular weight excluding hydrogens is 1180 g/mol. The Labute approximate surface area is 509 Å². The number of aromatic nitrogens is 6. The molecular formula is C60H65F2N11O13S2. The number of aryl methyl sites for hydroxylation is 1. The Morgan fingerprint density at radius 2 is 1.52 bits per heavy atom. The van der Waals surface area contributed by atoms with Crippen LogP contribution in [0.15, 0.2) is 118 Å². The fourth-order valence-electron chi connectivity index (χ4n) is 9.49. The number of carbonyl (C=O) groups is 4. The van der Waals surface area contributed by atoms with E-state index in [1.807, 2.05) is 31.2 Å². The first-order chi connectivity index (χ1) is 42.3. The topological polar surface area (TPSA) is 302 Å². The van der Waals surface area contributed by atoms with Gasteiger partial charge in [-0.05, 0) is 65.9 Å². The Kier molecular flexibility index (Phi) is 21.0. The Balaban J connectivity index is 0.660. The standard InChI is InChI=1S/C60H65F2N11O13S2/c1-36-52(87-35-67-36)38-12-10-37(11-13-38)29-65-55(77)47-28-42(74)33-73(47)59(78)53(60(2,3)4)68-51(75)34-85-25-24-84-23-22-83-21-20-82-19-18-63-54(76)43-8-6-7-9-44(43)56-69-70-58(86-56)48-31-64-50-17-14-39(32-72(48)50)40-26-46(57(81-5)66-30-40)71-88(79,80)49-16-15-41(61)27-45(49)62/h6-17,26-27,30-32,35,42,47,53,71,74H,18-25,28-29,33-34H2,1-5H3,(H,63,76)(H,65,77)(H,68,75). The number of sulfonamides is 1. The van der Waals surface area contributed by atoms with E-state index in [9.17, 15) is 41.5 Å². The predicted molar refractivity (Wildman–Crippen MR) is 318 cm³/mol. The molecule has 9 rings (SSSR count). The lowest BCUT2D eigenvalue weighted by Crippen LogP contribution is -2.58. The molecule has 5 N–H and O–H groups in total. The van der Waals surface area contributed by atoms with Crippen LogP contribution in [-0.4, -0.2) is 163 Å². The van der Waals surface area contributed by atoms with E-state index in [-0.39, 0.29) is 108 Å². The number of likely N-dealkylation sites (tertiary alicyclic amines) is 1. The third kappa shape index (κ3) is 15.9. The first-order valence-corrected chi connectivity index (χ1v) is 30.2.